The quantitative estimate of drug-likeness (QED) is 0.831. The van der Waals surface area contributed by atoms with Gasteiger partial charge < -0.3 is 0 Å². The third kappa shape index (κ3) is 3.83. The lowest BCUT2D eigenvalue weighted by Crippen LogP contribution is -2.34. The minimum atomic E-state index is -0.215. The molecule has 0 saturated heterocycles. The fourth-order valence-electron chi connectivity index (χ4n) is 1.64. The summed E-state index contributed by atoms with van der Waals surface area (Å²) < 4.78 is 14.5. The largest absolute Gasteiger partial charge is 0.297 e. The van der Waals surface area contributed by atoms with E-state index < -0.39 is 0 Å². The molecule has 0 saturated carbocycles. The highest BCUT2D eigenvalue weighted by Crippen LogP contribution is 2.22. The van der Waals surface area contributed by atoms with Crippen molar-refractivity contribution in [1.82, 2.24) is 5.32 Å². The minimum Gasteiger partial charge on any atom is -0.297 e. The van der Waals surface area contributed by atoms with Crippen LogP contribution in [0.15, 0.2) is 22.7 Å². The molecule has 0 amide bonds. The number of rotatable bonds is 4. The van der Waals surface area contributed by atoms with Crippen LogP contribution in [0.2, 0.25) is 0 Å². The Balaban J connectivity index is 2.86. The lowest BCUT2D eigenvalue weighted by molar-refractivity contribution is 0.422. The van der Waals surface area contributed by atoms with Gasteiger partial charge in [-0.15, -0.1) is 6.42 Å². The van der Waals surface area contributed by atoms with Gasteiger partial charge in [0.15, 0.2) is 0 Å². The van der Waals surface area contributed by atoms with Gasteiger partial charge in [0.2, 0.25) is 0 Å². The van der Waals surface area contributed by atoms with E-state index in [0.29, 0.717) is 11.5 Å². The van der Waals surface area contributed by atoms with Crippen molar-refractivity contribution < 1.29 is 4.39 Å². The number of terminal acetylenes is 1. The second kappa shape index (κ2) is 6.18. The first-order valence-corrected chi connectivity index (χ1v) is 6.42. The standard InChI is InChI=1S/C14H17BrFN/c1-5-14(9(2)3)17-10(4)12-8-11(15)6-7-13(12)16/h1,6-10,14,17H,2-4H3. The van der Waals surface area contributed by atoms with Crippen LogP contribution in [-0.2, 0) is 0 Å². The molecule has 0 spiro atoms. The molecule has 2 atom stereocenters. The van der Waals surface area contributed by atoms with Gasteiger partial charge in [0.1, 0.15) is 5.82 Å². The van der Waals surface area contributed by atoms with Crippen molar-refractivity contribution >= 4 is 15.9 Å². The highest BCUT2D eigenvalue weighted by atomic mass is 79.9. The van der Waals surface area contributed by atoms with E-state index in [1.807, 2.05) is 20.8 Å². The molecule has 0 aliphatic heterocycles. The smallest absolute Gasteiger partial charge is 0.128 e. The molecule has 0 heterocycles. The predicted octanol–water partition coefficient (Wildman–Crippen LogP) is 3.90. The maximum atomic E-state index is 13.7. The molecule has 1 aromatic carbocycles. The van der Waals surface area contributed by atoms with Crippen molar-refractivity contribution in [2.45, 2.75) is 32.9 Å². The molecule has 3 heteroatoms. The first-order chi connectivity index (χ1) is 7.95. The fraction of sp³-hybridized carbons (Fsp3) is 0.429. The Bertz CT molecular complexity index is 423. The van der Waals surface area contributed by atoms with E-state index in [1.54, 1.807) is 12.1 Å². The number of benzene rings is 1. The van der Waals surface area contributed by atoms with Crippen molar-refractivity contribution in [2.75, 3.05) is 0 Å². The van der Waals surface area contributed by atoms with E-state index in [2.05, 4.69) is 27.2 Å². The molecule has 1 N–H and O–H groups in total. The summed E-state index contributed by atoms with van der Waals surface area (Å²) >= 11 is 3.34. The Labute approximate surface area is 111 Å². The van der Waals surface area contributed by atoms with E-state index in [1.165, 1.54) is 6.07 Å². The Hall–Kier alpha value is -0.850. The third-order valence-electron chi connectivity index (χ3n) is 2.70. The summed E-state index contributed by atoms with van der Waals surface area (Å²) in [6.07, 6.45) is 5.45. The lowest BCUT2D eigenvalue weighted by atomic mass is 10.0. The summed E-state index contributed by atoms with van der Waals surface area (Å²) in [7, 11) is 0. The highest BCUT2D eigenvalue weighted by molar-refractivity contribution is 9.10. The Morgan fingerprint density at radius 1 is 1.35 bits per heavy atom. The van der Waals surface area contributed by atoms with Gasteiger partial charge in [-0.2, -0.15) is 0 Å². The first kappa shape index (κ1) is 14.2. The number of hydrogen-bond acceptors (Lipinski definition) is 1. The van der Waals surface area contributed by atoms with Gasteiger partial charge in [0.05, 0.1) is 6.04 Å². The van der Waals surface area contributed by atoms with Crippen molar-refractivity contribution in [1.29, 1.82) is 0 Å². The van der Waals surface area contributed by atoms with Crippen LogP contribution in [-0.4, -0.2) is 6.04 Å². The highest BCUT2D eigenvalue weighted by Gasteiger charge is 2.17. The number of hydrogen-bond donors (Lipinski definition) is 1. The van der Waals surface area contributed by atoms with Gasteiger partial charge in [-0.25, -0.2) is 4.39 Å². The average molecular weight is 298 g/mol. The van der Waals surface area contributed by atoms with Crippen LogP contribution in [0.5, 0.6) is 0 Å². The molecule has 0 bridgehead atoms. The minimum absolute atomic E-state index is 0.0524. The molecule has 17 heavy (non-hydrogen) atoms. The molecule has 1 rings (SSSR count). The fourth-order valence-corrected chi connectivity index (χ4v) is 2.02. The molecular formula is C14H17BrFN. The molecule has 1 nitrogen and oxygen atoms in total. The molecule has 92 valence electrons. The second-order valence-electron chi connectivity index (χ2n) is 4.44. The molecule has 0 aromatic heterocycles. The maximum Gasteiger partial charge on any atom is 0.128 e. The van der Waals surface area contributed by atoms with Crippen LogP contribution in [0.4, 0.5) is 4.39 Å². The van der Waals surface area contributed by atoms with Crippen LogP contribution in [0.3, 0.4) is 0 Å². The summed E-state index contributed by atoms with van der Waals surface area (Å²) in [6, 6.07) is 4.75. The zero-order chi connectivity index (χ0) is 13.0. The van der Waals surface area contributed by atoms with E-state index in [4.69, 9.17) is 6.42 Å². The van der Waals surface area contributed by atoms with Crippen molar-refractivity contribution in [3.05, 3.63) is 34.1 Å². The molecule has 1 aromatic rings. The summed E-state index contributed by atoms with van der Waals surface area (Å²) in [5.41, 5.74) is 0.625. The number of nitrogens with one attached hydrogen (secondary N) is 1. The van der Waals surface area contributed by atoms with E-state index in [9.17, 15) is 4.39 Å². The van der Waals surface area contributed by atoms with Gasteiger partial charge in [0.25, 0.3) is 0 Å². The number of halogens is 2. The van der Waals surface area contributed by atoms with E-state index in [-0.39, 0.29) is 17.9 Å². The molecule has 0 radical (unpaired) electrons. The van der Waals surface area contributed by atoms with Crippen LogP contribution in [0, 0.1) is 24.1 Å². The topological polar surface area (TPSA) is 12.0 Å². The second-order valence-corrected chi connectivity index (χ2v) is 5.36. The van der Waals surface area contributed by atoms with Crippen LogP contribution < -0.4 is 5.32 Å². The van der Waals surface area contributed by atoms with Gasteiger partial charge in [0, 0.05) is 16.1 Å². The molecule has 0 aliphatic carbocycles. The van der Waals surface area contributed by atoms with Gasteiger partial charge in [-0.05, 0) is 31.0 Å². The first-order valence-electron chi connectivity index (χ1n) is 5.62. The van der Waals surface area contributed by atoms with E-state index >= 15 is 0 Å². The predicted molar refractivity (Wildman–Crippen MR) is 73.1 cm³/mol. The van der Waals surface area contributed by atoms with Crippen LogP contribution in [0.25, 0.3) is 0 Å². The van der Waals surface area contributed by atoms with Crippen molar-refractivity contribution in [3.63, 3.8) is 0 Å². The molecular weight excluding hydrogens is 281 g/mol. The van der Waals surface area contributed by atoms with Gasteiger partial charge in [-0.3, -0.25) is 5.32 Å². The summed E-state index contributed by atoms with van der Waals surface area (Å²) in [6.45, 7) is 6.00. The Morgan fingerprint density at radius 3 is 2.53 bits per heavy atom. The summed E-state index contributed by atoms with van der Waals surface area (Å²) in [4.78, 5) is 0. The summed E-state index contributed by atoms with van der Waals surface area (Å²) in [5.74, 6) is 2.79. The third-order valence-corrected chi connectivity index (χ3v) is 3.19. The van der Waals surface area contributed by atoms with Gasteiger partial charge in [-0.1, -0.05) is 35.7 Å². The van der Waals surface area contributed by atoms with Crippen molar-refractivity contribution in [3.8, 4) is 12.3 Å². The zero-order valence-electron chi connectivity index (χ0n) is 10.3. The normalized spacial score (nSPS) is 14.4. The van der Waals surface area contributed by atoms with Crippen molar-refractivity contribution in [2.24, 2.45) is 5.92 Å². The zero-order valence-corrected chi connectivity index (χ0v) is 11.9. The molecule has 0 fully saturated rings. The van der Waals surface area contributed by atoms with Gasteiger partial charge >= 0.3 is 0 Å². The van der Waals surface area contributed by atoms with Crippen LogP contribution >= 0.6 is 15.9 Å². The monoisotopic (exact) mass is 297 g/mol. The average Bonchev–Trinajstić information content (AvgIpc) is 2.28. The lowest BCUT2D eigenvalue weighted by Gasteiger charge is -2.22. The molecule has 0 aliphatic rings. The Morgan fingerprint density at radius 2 is 2.00 bits per heavy atom. The SMILES string of the molecule is C#CC(NC(C)c1cc(Br)ccc1F)C(C)C. The molecule has 2 unspecified atom stereocenters. The maximum absolute atomic E-state index is 13.7. The summed E-state index contributed by atoms with van der Waals surface area (Å²) in [5, 5.41) is 3.25. The Kier molecular flexibility index (Phi) is 5.17. The van der Waals surface area contributed by atoms with E-state index in [0.717, 1.165) is 4.47 Å². The van der Waals surface area contributed by atoms with Crippen LogP contribution in [0.1, 0.15) is 32.4 Å².